The molecule has 33 heavy (non-hydrogen) atoms. The fourth-order valence-electron chi connectivity index (χ4n) is 3.59. The second-order valence-corrected chi connectivity index (χ2v) is 7.76. The number of carbonyl (C=O) groups excluding carboxylic acids is 1. The number of carbonyl (C=O) groups is 1. The Morgan fingerprint density at radius 3 is 2.27 bits per heavy atom. The SMILES string of the molecule is CCOc1ccc(C(=O)Nc2cccc(C)c2)cc1COc1ccc(-c2ccccc2)cc1. The van der Waals surface area contributed by atoms with Gasteiger partial charge < -0.3 is 14.8 Å². The Balaban J connectivity index is 1.48. The summed E-state index contributed by atoms with van der Waals surface area (Å²) in [5, 5.41) is 2.95. The van der Waals surface area contributed by atoms with Crippen molar-refractivity contribution in [3.8, 4) is 22.6 Å². The molecular weight excluding hydrogens is 410 g/mol. The van der Waals surface area contributed by atoms with Crippen molar-refractivity contribution in [2.24, 2.45) is 0 Å². The number of hydrogen-bond donors (Lipinski definition) is 1. The van der Waals surface area contributed by atoms with Crippen LogP contribution in [-0.4, -0.2) is 12.5 Å². The molecule has 0 aliphatic heterocycles. The molecule has 0 saturated carbocycles. The van der Waals surface area contributed by atoms with E-state index in [9.17, 15) is 4.79 Å². The van der Waals surface area contributed by atoms with Crippen molar-refractivity contribution in [2.45, 2.75) is 20.5 Å². The molecule has 4 aromatic carbocycles. The lowest BCUT2D eigenvalue weighted by Gasteiger charge is -2.14. The van der Waals surface area contributed by atoms with E-state index >= 15 is 0 Å². The van der Waals surface area contributed by atoms with E-state index in [0.29, 0.717) is 24.5 Å². The van der Waals surface area contributed by atoms with Crippen LogP contribution in [0.1, 0.15) is 28.4 Å². The standard InChI is InChI=1S/C29H27NO3/c1-3-32-28-17-14-24(29(31)30-26-11-7-8-21(2)18-26)19-25(28)20-33-27-15-12-23(13-16-27)22-9-5-4-6-10-22/h4-19H,3,20H2,1-2H3,(H,30,31). The molecule has 0 bridgehead atoms. The van der Waals surface area contributed by atoms with Gasteiger partial charge in [-0.05, 0) is 73.0 Å². The molecule has 4 aromatic rings. The minimum Gasteiger partial charge on any atom is -0.493 e. The van der Waals surface area contributed by atoms with Gasteiger partial charge in [0, 0.05) is 16.8 Å². The average Bonchev–Trinajstić information content (AvgIpc) is 2.84. The van der Waals surface area contributed by atoms with Gasteiger partial charge in [0.25, 0.3) is 5.91 Å². The zero-order chi connectivity index (χ0) is 23.0. The van der Waals surface area contributed by atoms with Crippen molar-refractivity contribution >= 4 is 11.6 Å². The molecule has 0 heterocycles. The van der Waals surface area contributed by atoms with E-state index in [1.165, 1.54) is 0 Å². The second-order valence-electron chi connectivity index (χ2n) is 7.76. The van der Waals surface area contributed by atoms with Crippen LogP contribution in [0.3, 0.4) is 0 Å². The van der Waals surface area contributed by atoms with Crippen molar-refractivity contribution in [1.82, 2.24) is 0 Å². The molecule has 0 aliphatic carbocycles. The van der Waals surface area contributed by atoms with Crippen molar-refractivity contribution < 1.29 is 14.3 Å². The maximum absolute atomic E-state index is 12.8. The highest BCUT2D eigenvalue weighted by Gasteiger charge is 2.12. The summed E-state index contributed by atoms with van der Waals surface area (Å²) in [7, 11) is 0. The summed E-state index contributed by atoms with van der Waals surface area (Å²) in [6.07, 6.45) is 0. The number of hydrogen-bond acceptors (Lipinski definition) is 3. The third-order valence-electron chi connectivity index (χ3n) is 5.25. The quantitative estimate of drug-likeness (QED) is 0.326. The molecule has 0 unspecified atom stereocenters. The maximum Gasteiger partial charge on any atom is 0.255 e. The lowest BCUT2D eigenvalue weighted by molar-refractivity contribution is 0.102. The number of anilines is 1. The molecule has 1 amide bonds. The third kappa shape index (κ3) is 5.80. The first kappa shape index (κ1) is 22.2. The molecule has 4 nitrogen and oxygen atoms in total. The molecular formula is C29H27NO3. The number of nitrogens with one attached hydrogen (secondary N) is 1. The molecule has 0 radical (unpaired) electrons. The summed E-state index contributed by atoms with van der Waals surface area (Å²) in [4.78, 5) is 12.8. The zero-order valence-electron chi connectivity index (χ0n) is 18.9. The van der Waals surface area contributed by atoms with Crippen LogP contribution in [0.5, 0.6) is 11.5 Å². The van der Waals surface area contributed by atoms with E-state index in [-0.39, 0.29) is 5.91 Å². The highest BCUT2D eigenvalue weighted by atomic mass is 16.5. The molecule has 4 heteroatoms. The summed E-state index contributed by atoms with van der Waals surface area (Å²) in [6.45, 7) is 4.76. The molecule has 0 aliphatic rings. The maximum atomic E-state index is 12.8. The summed E-state index contributed by atoms with van der Waals surface area (Å²) >= 11 is 0. The third-order valence-corrected chi connectivity index (χ3v) is 5.25. The molecule has 166 valence electrons. The Bertz CT molecular complexity index is 1220. The normalized spacial score (nSPS) is 10.5. The molecule has 0 aromatic heterocycles. The van der Waals surface area contributed by atoms with Crippen molar-refractivity contribution in [1.29, 1.82) is 0 Å². The number of rotatable bonds is 8. The van der Waals surface area contributed by atoms with E-state index in [1.807, 2.05) is 92.7 Å². The summed E-state index contributed by atoms with van der Waals surface area (Å²) in [5.74, 6) is 1.30. The lowest BCUT2D eigenvalue weighted by atomic mass is 10.1. The fourth-order valence-corrected chi connectivity index (χ4v) is 3.59. The number of amides is 1. The topological polar surface area (TPSA) is 47.6 Å². The number of benzene rings is 4. The van der Waals surface area contributed by atoms with Crippen LogP contribution in [0, 0.1) is 6.92 Å². The van der Waals surface area contributed by atoms with Crippen LogP contribution in [0.15, 0.2) is 97.1 Å². The molecule has 4 rings (SSSR count). The van der Waals surface area contributed by atoms with Crippen LogP contribution >= 0.6 is 0 Å². The Morgan fingerprint density at radius 2 is 1.55 bits per heavy atom. The van der Waals surface area contributed by atoms with E-state index < -0.39 is 0 Å². The highest BCUT2D eigenvalue weighted by molar-refractivity contribution is 6.04. The number of aryl methyl sites for hydroxylation is 1. The molecule has 0 spiro atoms. The molecule has 1 N–H and O–H groups in total. The lowest BCUT2D eigenvalue weighted by Crippen LogP contribution is -2.13. The van der Waals surface area contributed by atoms with Crippen LogP contribution in [0.4, 0.5) is 5.69 Å². The van der Waals surface area contributed by atoms with Gasteiger partial charge in [0.15, 0.2) is 0 Å². The molecule has 0 fully saturated rings. The van der Waals surface area contributed by atoms with Crippen LogP contribution in [-0.2, 0) is 6.61 Å². The summed E-state index contributed by atoms with van der Waals surface area (Å²) in [5.41, 5.74) is 5.53. The Labute approximate surface area is 194 Å². The second kappa shape index (κ2) is 10.5. The first-order chi connectivity index (χ1) is 16.1. The van der Waals surface area contributed by atoms with Crippen molar-refractivity contribution in [2.75, 3.05) is 11.9 Å². The van der Waals surface area contributed by atoms with Gasteiger partial charge in [0.2, 0.25) is 0 Å². The van der Waals surface area contributed by atoms with Crippen LogP contribution in [0.2, 0.25) is 0 Å². The Kier molecular flexibility index (Phi) is 7.06. The van der Waals surface area contributed by atoms with Gasteiger partial charge in [-0.3, -0.25) is 4.79 Å². The predicted molar refractivity (Wildman–Crippen MR) is 133 cm³/mol. The molecule has 0 saturated heterocycles. The van der Waals surface area contributed by atoms with Crippen LogP contribution in [0.25, 0.3) is 11.1 Å². The van der Waals surface area contributed by atoms with Gasteiger partial charge in [-0.15, -0.1) is 0 Å². The van der Waals surface area contributed by atoms with E-state index in [0.717, 1.165) is 33.7 Å². The molecule has 0 atom stereocenters. The van der Waals surface area contributed by atoms with Crippen molar-refractivity contribution in [3.63, 3.8) is 0 Å². The first-order valence-corrected chi connectivity index (χ1v) is 11.0. The van der Waals surface area contributed by atoms with Gasteiger partial charge >= 0.3 is 0 Å². The van der Waals surface area contributed by atoms with Gasteiger partial charge in [0.1, 0.15) is 18.1 Å². The smallest absolute Gasteiger partial charge is 0.255 e. The monoisotopic (exact) mass is 437 g/mol. The summed E-state index contributed by atoms with van der Waals surface area (Å²) in [6, 6.07) is 31.4. The van der Waals surface area contributed by atoms with Gasteiger partial charge in [-0.2, -0.15) is 0 Å². The van der Waals surface area contributed by atoms with Crippen molar-refractivity contribution in [3.05, 3.63) is 114 Å². The minimum atomic E-state index is -0.169. The minimum absolute atomic E-state index is 0.169. The summed E-state index contributed by atoms with van der Waals surface area (Å²) < 4.78 is 11.8. The van der Waals surface area contributed by atoms with E-state index in [4.69, 9.17) is 9.47 Å². The number of ether oxygens (including phenoxy) is 2. The Hall–Kier alpha value is -4.05. The van der Waals surface area contributed by atoms with Gasteiger partial charge in [-0.25, -0.2) is 0 Å². The first-order valence-electron chi connectivity index (χ1n) is 11.0. The highest BCUT2D eigenvalue weighted by Crippen LogP contribution is 2.26. The van der Waals surface area contributed by atoms with E-state index in [1.54, 1.807) is 6.07 Å². The fraction of sp³-hybridized carbons (Fsp3) is 0.138. The van der Waals surface area contributed by atoms with Gasteiger partial charge in [0.05, 0.1) is 6.61 Å². The zero-order valence-corrected chi connectivity index (χ0v) is 18.9. The Morgan fingerprint density at radius 1 is 0.788 bits per heavy atom. The predicted octanol–water partition coefficient (Wildman–Crippen LogP) is 6.89. The van der Waals surface area contributed by atoms with E-state index in [2.05, 4.69) is 17.4 Å². The van der Waals surface area contributed by atoms with Crippen LogP contribution < -0.4 is 14.8 Å². The van der Waals surface area contributed by atoms with Gasteiger partial charge in [-0.1, -0.05) is 54.6 Å². The largest absolute Gasteiger partial charge is 0.493 e. The average molecular weight is 438 g/mol.